The van der Waals surface area contributed by atoms with Gasteiger partial charge in [0, 0.05) is 37.0 Å². The molecule has 0 saturated carbocycles. The predicted octanol–water partition coefficient (Wildman–Crippen LogP) is 4.38. The normalized spacial score (nSPS) is 13.3. The van der Waals surface area contributed by atoms with Gasteiger partial charge in [-0.3, -0.25) is 4.79 Å². The Morgan fingerprint density at radius 3 is 2.83 bits per heavy atom. The second-order valence-corrected chi connectivity index (χ2v) is 8.05. The summed E-state index contributed by atoms with van der Waals surface area (Å²) in [6.07, 6.45) is 2.47. The number of nitrogens with one attached hydrogen (secondary N) is 1. The Hall–Kier alpha value is -2.97. The van der Waals surface area contributed by atoms with E-state index < -0.39 is 0 Å². The van der Waals surface area contributed by atoms with Crippen molar-refractivity contribution in [2.45, 2.75) is 37.9 Å². The van der Waals surface area contributed by atoms with Crippen LogP contribution in [0.25, 0.3) is 0 Å². The average Bonchev–Trinajstić information content (AvgIpc) is 2.78. The monoisotopic (exact) mass is 421 g/mol. The Bertz CT molecular complexity index is 1070. The Morgan fingerprint density at radius 1 is 1.20 bits per heavy atom. The van der Waals surface area contributed by atoms with Gasteiger partial charge in [-0.2, -0.15) is 0 Å². The molecular weight excluding hydrogens is 398 g/mol. The third kappa shape index (κ3) is 4.44. The van der Waals surface area contributed by atoms with Crippen LogP contribution in [0.5, 0.6) is 0 Å². The van der Waals surface area contributed by atoms with E-state index in [4.69, 9.17) is 4.55 Å². The zero-order valence-corrected chi connectivity index (χ0v) is 17.7. The fraction of sp³-hybridized carbons (Fsp3) is 0.273. The first-order chi connectivity index (χ1) is 14.5. The molecule has 1 aliphatic heterocycles. The lowest BCUT2D eigenvalue weighted by molar-refractivity contribution is 0.102. The van der Waals surface area contributed by atoms with E-state index in [-0.39, 0.29) is 5.91 Å². The van der Waals surface area contributed by atoms with Crippen molar-refractivity contribution >= 4 is 29.5 Å². The molecule has 2 aromatic heterocycles. The SMILES string of the molecule is CC(C)c1cccc(NC(=O)c2cccc(N3CCc4nc(SO)ncc4C3)n2)c1. The van der Waals surface area contributed by atoms with Crippen molar-refractivity contribution in [1.82, 2.24) is 15.0 Å². The molecule has 1 aromatic carbocycles. The van der Waals surface area contributed by atoms with Gasteiger partial charge < -0.3 is 14.8 Å². The quantitative estimate of drug-likeness (QED) is 0.467. The molecule has 7 nitrogen and oxygen atoms in total. The molecule has 154 valence electrons. The molecule has 2 N–H and O–H groups in total. The van der Waals surface area contributed by atoms with Crippen molar-refractivity contribution in [2.75, 3.05) is 16.8 Å². The maximum absolute atomic E-state index is 12.8. The van der Waals surface area contributed by atoms with Crippen molar-refractivity contribution in [1.29, 1.82) is 0 Å². The molecule has 1 aliphatic rings. The molecule has 0 atom stereocenters. The number of hydrogen-bond donors (Lipinski definition) is 2. The number of benzene rings is 1. The van der Waals surface area contributed by atoms with Gasteiger partial charge in [-0.15, -0.1) is 0 Å². The zero-order valence-electron chi connectivity index (χ0n) is 16.9. The molecule has 3 aromatic rings. The van der Waals surface area contributed by atoms with Crippen LogP contribution in [0, 0.1) is 0 Å². The molecule has 0 spiro atoms. The lowest BCUT2D eigenvalue weighted by Crippen LogP contribution is -2.32. The highest BCUT2D eigenvalue weighted by molar-refractivity contribution is 7.93. The Kier molecular flexibility index (Phi) is 5.96. The van der Waals surface area contributed by atoms with Crippen LogP contribution in [-0.4, -0.2) is 32.0 Å². The second kappa shape index (κ2) is 8.81. The predicted molar refractivity (Wildman–Crippen MR) is 118 cm³/mol. The van der Waals surface area contributed by atoms with Gasteiger partial charge in [0.1, 0.15) is 11.5 Å². The van der Waals surface area contributed by atoms with Crippen LogP contribution in [-0.2, 0) is 13.0 Å². The lowest BCUT2D eigenvalue weighted by Gasteiger charge is -2.29. The van der Waals surface area contributed by atoms with E-state index in [1.54, 1.807) is 12.3 Å². The number of nitrogens with zero attached hydrogens (tertiary/aromatic N) is 4. The highest BCUT2D eigenvalue weighted by Gasteiger charge is 2.20. The van der Waals surface area contributed by atoms with Crippen LogP contribution < -0.4 is 10.2 Å². The largest absolute Gasteiger partial charge is 0.352 e. The van der Waals surface area contributed by atoms with E-state index in [2.05, 4.69) is 45.1 Å². The molecule has 8 heteroatoms. The first-order valence-corrected chi connectivity index (χ1v) is 10.6. The number of rotatable bonds is 5. The molecule has 4 rings (SSSR count). The van der Waals surface area contributed by atoms with E-state index in [0.29, 0.717) is 35.4 Å². The topological polar surface area (TPSA) is 91.2 Å². The van der Waals surface area contributed by atoms with Gasteiger partial charge in [-0.25, -0.2) is 15.0 Å². The smallest absolute Gasteiger partial charge is 0.274 e. The Labute approximate surface area is 179 Å². The van der Waals surface area contributed by atoms with Gasteiger partial charge in [-0.1, -0.05) is 32.0 Å². The van der Waals surface area contributed by atoms with Gasteiger partial charge in [0.2, 0.25) is 5.16 Å². The molecule has 0 fully saturated rings. The van der Waals surface area contributed by atoms with Gasteiger partial charge in [0.15, 0.2) is 0 Å². The van der Waals surface area contributed by atoms with E-state index >= 15 is 0 Å². The van der Waals surface area contributed by atoms with E-state index in [1.165, 1.54) is 5.56 Å². The van der Waals surface area contributed by atoms with E-state index in [1.807, 2.05) is 30.3 Å². The van der Waals surface area contributed by atoms with Crippen molar-refractivity contribution in [3.63, 3.8) is 0 Å². The standard InChI is InChI=1S/C22H23N5O2S/c1-14(2)15-5-3-6-17(11-15)24-21(28)19-7-4-8-20(25-19)27-10-9-18-16(13-27)12-23-22(26-18)30-29/h3-8,11-12,14,29H,9-10,13H2,1-2H3,(H,24,28). The zero-order chi connectivity index (χ0) is 21.1. The van der Waals surface area contributed by atoms with Gasteiger partial charge in [0.05, 0.1) is 17.7 Å². The van der Waals surface area contributed by atoms with Gasteiger partial charge >= 0.3 is 0 Å². The fourth-order valence-electron chi connectivity index (χ4n) is 3.43. The number of carbonyl (C=O) groups excluding carboxylic acids is 1. The summed E-state index contributed by atoms with van der Waals surface area (Å²) in [7, 11) is 0. The van der Waals surface area contributed by atoms with E-state index in [9.17, 15) is 4.79 Å². The van der Waals surface area contributed by atoms with Crippen LogP contribution in [0.2, 0.25) is 0 Å². The number of carbonyl (C=O) groups is 1. The summed E-state index contributed by atoms with van der Waals surface area (Å²) in [4.78, 5) is 28.0. The molecule has 0 aliphatic carbocycles. The lowest BCUT2D eigenvalue weighted by atomic mass is 10.0. The summed E-state index contributed by atoms with van der Waals surface area (Å²) >= 11 is 0.554. The number of fused-ring (bicyclic) bond motifs is 1. The third-order valence-corrected chi connectivity index (χ3v) is 5.46. The summed E-state index contributed by atoms with van der Waals surface area (Å²) in [5, 5.41) is 3.31. The highest BCUT2D eigenvalue weighted by Crippen LogP contribution is 2.24. The number of anilines is 2. The average molecular weight is 422 g/mol. The summed E-state index contributed by atoms with van der Waals surface area (Å²) < 4.78 is 9.13. The number of aromatic nitrogens is 3. The highest BCUT2D eigenvalue weighted by atomic mass is 32.2. The van der Waals surface area contributed by atoms with Crippen LogP contribution in [0.4, 0.5) is 11.5 Å². The summed E-state index contributed by atoms with van der Waals surface area (Å²) in [5.74, 6) is 0.897. The van der Waals surface area contributed by atoms with E-state index in [0.717, 1.165) is 35.7 Å². The minimum atomic E-state index is -0.233. The second-order valence-electron chi connectivity index (χ2n) is 7.50. The first-order valence-electron chi connectivity index (χ1n) is 9.83. The van der Waals surface area contributed by atoms with Crippen LogP contribution in [0.15, 0.2) is 53.8 Å². The van der Waals surface area contributed by atoms with Gasteiger partial charge in [-0.05, 0) is 35.7 Å². The number of hydrogen-bond acceptors (Lipinski definition) is 7. The molecule has 3 heterocycles. The van der Waals surface area contributed by atoms with Gasteiger partial charge in [0.25, 0.3) is 5.91 Å². The van der Waals surface area contributed by atoms with Crippen molar-refractivity contribution in [3.8, 4) is 0 Å². The molecule has 0 radical (unpaired) electrons. The van der Waals surface area contributed by atoms with Crippen molar-refractivity contribution in [2.24, 2.45) is 0 Å². The number of pyridine rings is 1. The van der Waals surface area contributed by atoms with Crippen LogP contribution in [0.3, 0.4) is 0 Å². The van der Waals surface area contributed by atoms with Crippen LogP contribution >= 0.6 is 12.0 Å². The minimum absolute atomic E-state index is 0.233. The summed E-state index contributed by atoms with van der Waals surface area (Å²) in [5.41, 5.74) is 4.25. The summed E-state index contributed by atoms with van der Waals surface area (Å²) in [6.45, 7) is 5.59. The molecule has 1 amide bonds. The third-order valence-electron chi connectivity index (χ3n) is 5.10. The molecule has 30 heavy (non-hydrogen) atoms. The number of amides is 1. The maximum atomic E-state index is 12.8. The Morgan fingerprint density at radius 2 is 2.03 bits per heavy atom. The van der Waals surface area contributed by atoms with Crippen molar-refractivity contribution < 1.29 is 9.35 Å². The molecule has 0 unspecified atom stereocenters. The fourth-order valence-corrected chi connectivity index (χ4v) is 3.68. The van der Waals surface area contributed by atoms with Crippen LogP contribution in [0.1, 0.15) is 47.1 Å². The summed E-state index contributed by atoms with van der Waals surface area (Å²) in [6, 6.07) is 13.3. The maximum Gasteiger partial charge on any atom is 0.274 e. The molecule has 0 bridgehead atoms. The first kappa shape index (κ1) is 20.3. The molecule has 0 saturated heterocycles. The minimum Gasteiger partial charge on any atom is -0.352 e. The van der Waals surface area contributed by atoms with Crippen molar-refractivity contribution in [3.05, 3.63) is 71.2 Å². The molecular formula is C22H23N5O2S. The Balaban J connectivity index is 1.50.